The van der Waals surface area contributed by atoms with E-state index in [1.165, 1.54) is 6.42 Å². The fraction of sp³-hybridized carbons (Fsp3) is 0.588. The molecule has 0 radical (unpaired) electrons. The van der Waals surface area contributed by atoms with Gasteiger partial charge in [-0.2, -0.15) is 0 Å². The molecular weight excluding hydrogens is 280 g/mol. The fourth-order valence-electron chi connectivity index (χ4n) is 2.95. The molecule has 0 aliphatic carbocycles. The summed E-state index contributed by atoms with van der Waals surface area (Å²) in [6.07, 6.45) is 3.41. The molecule has 1 aromatic rings. The van der Waals surface area contributed by atoms with Gasteiger partial charge in [0.1, 0.15) is 13.2 Å². The number of ether oxygens (including phenoxy) is 2. The second kappa shape index (κ2) is 6.07. The monoisotopic (exact) mass is 304 g/mol. The quantitative estimate of drug-likeness (QED) is 0.914. The van der Waals surface area contributed by atoms with Crippen LogP contribution in [0.4, 0.5) is 4.79 Å². The molecule has 2 heterocycles. The minimum atomic E-state index is -0.454. The summed E-state index contributed by atoms with van der Waals surface area (Å²) in [5, 5.41) is 3.14. The molecule has 22 heavy (non-hydrogen) atoms. The molecule has 1 N–H and O–H groups in total. The van der Waals surface area contributed by atoms with Gasteiger partial charge in [0.25, 0.3) is 0 Å². The van der Waals surface area contributed by atoms with Gasteiger partial charge in [0, 0.05) is 13.1 Å². The summed E-state index contributed by atoms with van der Waals surface area (Å²) < 4.78 is 11.2. The average Bonchev–Trinajstić information content (AvgIpc) is 2.55. The molecule has 1 aromatic carbocycles. The van der Waals surface area contributed by atoms with Crippen LogP contribution < -0.4 is 14.8 Å². The fourth-order valence-corrected chi connectivity index (χ4v) is 2.95. The molecule has 1 saturated heterocycles. The molecule has 3 rings (SSSR count). The predicted molar refractivity (Wildman–Crippen MR) is 84.4 cm³/mol. The van der Waals surface area contributed by atoms with Crippen LogP contribution in [0.2, 0.25) is 0 Å². The Labute approximate surface area is 131 Å². The maximum Gasteiger partial charge on any atom is 0.318 e. The van der Waals surface area contributed by atoms with Crippen molar-refractivity contribution in [3.8, 4) is 11.5 Å². The first-order valence-electron chi connectivity index (χ1n) is 8.03. The van der Waals surface area contributed by atoms with E-state index in [2.05, 4.69) is 5.32 Å². The minimum Gasteiger partial charge on any atom is -0.486 e. The molecule has 0 saturated carbocycles. The molecule has 2 aliphatic heterocycles. The number of urea groups is 1. The number of nitrogens with one attached hydrogen (secondary N) is 1. The maximum absolute atomic E-state index is 12.4. The molecule has 5 heteroatoms. The van der Waals surface area contributed by atoms with Crippen LogP contribution in [-0.4, -0.2) is 37.2 Å². The van der Waals surface area contributed by atoms with Crippen LogP contribution in [0.3, 0.4) is 0 Å². The zero-order valence-corrected chi connectivity index (χ0v) is 13.4. The highest BCUT2D eigenvalue weighted by molar-refractivity contribution is 5.75. The van der Waals surface area contributed by atoms with Crippen LogP contribution in [0.5, 0.6) is 11.5 Å². The van der Waals surface area contributed by atoms with Gasteiger partial charge in [0.05, 0.1) is 5.54 Å². The lowest BCUT2D eigenvalue weighted by Crippen LogP contribution is -2.49. The van der Waals surface area contributed by atoms with Gasteiger partial charge in [-0.15, -0.1) is 0 Å². The second-order valence-electron chi connectivity index (χ2n) is 6.46. The van der Waals surface area contributed by atoms with Crippen LogP contribution in [-0.2, 0) is 5.54 Å². The Hall–Kier alpha value is -1.91. The predicted octanol–water partition coefficient (Wildman–Crippen LogP) is 2.89. The van der Waals surface area contributed by atoms with Crippen molar-refractivity contribution < 1.29 is 14.3 Å². The largest absolute Gasteiger partial charge is 0.486 e. The van der Waals surface area contributed by atoms with Crippen LogP contribution in [0.25, 0.3) is 0 Å². The summed E-state index contributed by atoms with van der Waals surface area (Å²) in [7, 11) is 0. The Morgan fingerprint density at radius 1 is 1.09 bits per heavy atom. The van der Waals surface area contributed by atoms with Crippen LogP contribution in [0.1, 0.15) is 38.7 Å². The number of benzene rings is 1. The lowest BCUT2D eigenvalue weighted by molar-refractivity contribution is 0.169. The standard InChI is InChI=1S/C17H24N2O3/c1-17(2,18-16(20)19-8-4-3-5-9-19)13-6-7-14-15(12-13)22-11-10-21-14/h6-7,12H,3-5,8-11H2,1-2H3,(H,18,20). The number of fused-ring (bicyclic) bond motifs is 1. The van der Waals surface area contributed by atoms with Gasteiger partial charge < -0.3 is 19.7 Å². The molecule has 1 fully saturated rings. The highest BCUT2D eigenvalue weighted by Gasteiger charge is 2.27. The van der Waals surface area contributed by atoms with Gasteiger partial charge in [-0.25, -0.2) is 4.79 Å². The van der Waals surface area contributed by atoms with Crippen LogP contribution >= 0.6 is 0 Å². The van der Waals surface area contributed by atoms with Crippen molar-refractivity contribution in [1.82, 2.24) is 10.2 Å². The van der Waals surface area contributed by atoms with Crippen molar-refractivity contribution in [2.75, 3.05) is 26.3 Å². The second-order valence-corrected chi connectivity index (χ2v) is 6.46. The first-order valence-corrected chi connectivity index (χ1v) is 8.03. The number of hydrogen-bond acceptors (Lipinski definition) is 3. The van der Waals surface area contributed by atoms with Gasteiger partial charge >= 0.3 is 6.03 Å². The molecule has 5 nitrogen and oxygen atoms in total. The maximum atomic E-state index is 12.4. The van der Waals surface area contributed by atoms with E-state index in [1.807, 2.05) is 36.9 Å². The summed E-state index contributed by atoms with van der Waals surface area (Å²) >= 11 is 0. The first-order chi connectivity index (χ1) is 10.6. The summed E-state index contributed by atoms with van der Waals surface area (Å²) in [4.78, 5) is 14.3. The van der Waals surface area contributed by atoms with Gasteiger partial charge in [-0.1, -0.05) is 6.07 Å². The van der Waals surface area contributed by atoms with E-state index < -0.39 is 5.54 Å². The van der Waals surface area contributed by atoms with E-state index in [0.29, 0.717) is 13.2 Å². The third-order valence-electron chi connectivity index (χ3n) is 4.33. The number of nitrogens with zero attached hydrogens (tertiary/aromatic N) is 1. The number of likely N-dealkylation sites (tertiary alicyclic amines) is 1. The van der Waals surface area contributed by atoms with Crippen molar-refractivity contribution in [2.45, 2.75) is 38.6 Å². The van der Waals surface area contributed by atoms with E-state index in [0.717, 1.165) is 43.0 Å². The van der Waals surface area contributed by atoms with Crippen molar-refractivity contribution in [2.24, 2.45) is 0 Å². The Morgan fingerprint density at radius 3 is 2.50 bits per heavy atom. The number of amides is 2. The smallest absolute Gasteiger partial charge is 0.318 e. The highest BCUT2D eigenvalue weighted by atomic mass is 16.6. The van der Waals surface area contributed by atoms with Crippen molar-refractivity contribution >= 4 is 6.03 Å². The summed E-state index contributed by atoms with van der Waals surface area (Å²) in [6, 6.07) is 5.88. The van der Waals surface area contributed by atoms with Crippen LogP contribution in [0.15, 0.2) is 18.2 Å². The number of rotatable bonds is 2. The van der Waals surface area contributed by atoms with E-state index in [4.69, 9.17) is 9.47 Å². The van der Waals surface area contributed by atoms with E-state index in [1.54, 1.807) is 0 Å². The normalized spacial score (nSPS) is 18.0. The average molecular weight is 304 g/mol. The molecule has 120 valence electrons. The van der Waals surface area contributed by atoms with Gasteiger partial charge in [0.15, 0.2) is 11.5 Å². The summed E-state index contributed by atoms with van der Waals surface area (Å²) in [5.74, 6) is 1.53. The van der Waals surface area contributed by atoms with Gasteiger partial charge in [-0.05, 0) is 50.8 Å². The van der Waals surface area contributed by atoms with E-state index in [-0.39, 0.29) is 6.03 Å². The minimum absolute atomic E-state index is 0.0135. The Bertz CT molecular complexity index is 551. The molecule has 2 amide bonds. The molecule has 2 aliphatic rings. The van der Waals surface area contributed by atoms with Crippen molar-refractivity contribution in [1.29, 1.82) is 0 Å². The first kappa shape index (κ1) is 15.0. The molecular formula is C17H24N2O3. The number of piperidine rings is 1. The zero-order chi connectivity index (χ0) is 15.6. The van der Waals surface area contributed by atoms with Crippen molar-refractivity contribution in [3.63, 3.8) is 0 Å². The number of hydrogen-bond donors (Lipinski definition) is 1. The molecule has 0 bridgehead atoms. The number of carbonyl (C=O) groups excluding carboxylic acids is 1. The molecule has 0 aromatic heterocycles. The molecule has 0 spiro atoms. The van der Waals surface area contributed by atoms with Gasteiger partial charge in [0.2, 0.25) is 0 Å². The zero-order valence-electron chi connectivity index (χ0n) is 13.4. The highest BCUT2D eigenvalue weighted by Crippen LogP contribution is 2.34. The summed E-state index contributed by atoms with van der Waals surface area (Å²) in [5.41, 5.74) is 0.562. The van der Waals surface area contributed by atoms with Crippen LogP contribution in [0, 0.1) is 0 Å². The Morgan fingerprint density at radius 2 is 1.77 bits per heavy atom. The van der Waals surface area contributed by atoms with E-state index in [9.17, 15) is 4.79 Å². The molecule has 0 unspecified atom stereocenters. The van der Waals surface area contributed by atoms with Gasteiger partial charge in [-0.3, -0.25) is 0 Å². The van der Waals surface area contributed by atoms with E-state index >= 15 is 0 Å². The Balaban J connectivity index is 1.72. The SMILES string of the molecule is CC(C)(NC(=O)N1CCCCC1)c1ccc2c(c1)OCCO2. The van der Waals surface area contributed by atoms with Crippen molar-refractivity contribution in [3.05, 3.63) is 23.8 Å². The third kappa shape index (κ3) is 3.13. The lowest BCUT2D eigenvalue weighted by atomic mass is 9.94. The Kier molecular flexibility index (Phi) is 4.14. The third-order valence-corrected chi connectivity index (χ3v) is 4.33. The summed E-state index contributed by atoms with van der Waals surface area (Å²) in [6.45, 7) is 6.88. The lowest BCUT2D eigenvalue weighted by Gasteiger charge is -2.33. The molecule has 0 atom stereocenters. The number of carbonyl (C=O) groups is 1. The topological polar surface area (TPSA) is 50.8 Å².